The summed E-state index contributed by atoms with van der Waals surface area (Å²) < 4.78 is 6.84. The van der Waals surface area contributed by atoms with E-state index in [2.05, 4.69) is 182 Å². The summed E-state index contributed by atoms with van der Waals surface area (Å²) in [5, 5.41) is 7.61. The molecular formula is C54H36O. The van der Waals surface area contributed by atoms with Gasteiger partial charge in [-0.05, 0) is 108 Å². The Kier molecular flexibility index (Phi) is 6.51. The van der Waals surface area contributed by atoms with E-state index in [1.807, 2.05) is 0 Å². The lowest BCUT2D eigenvalue weighted by molar-refractivity contribution is 0.664. The van der Waals surface area contributed by atoms with E-state index in [9.17, 15) is 0 Å². The van der Waals surface area contributed by atoms with Crippen LogP contribution in [0.25, 0.3) is 76.9 Å². The second kappa shape index (κ2) is 11.6. The van der Waals surface area contributed by atoms with Gasteiger partial charge in [-0.15, -0.1) is 0 Å². The van der Waals surface area contributed by atoms with Crippen molar-refractivity contribution in [3.05, 3.63) is 215 Å². The van der Waals surface area contributed by atoms with Crippen molar-refractivity contribution in [3.63, 3.8) is 0 Å². The number of aryl methyl sites for hydroxylation is 2. The van der Waals surface area contributed by atoms with Crippen LogP contribution in [0.2, 0.25) is 0 Å². The van der Waals surface area contributed by atoms with Crippen LogP contribution in [0.5, 0.6) is 0 Å². The minimum absolute atomic E-state index is 0.432. The molecule has 9 aromatic carbocycles. The van der Waals surface area contributed by atoms with Gasteiger partial charge in [0, 0.05) is 16.3 Å². The predicted molar refractivity (Wildman–Crippen MR) is 229 cm³/mol. The molecule has 55 heavy (non-hydrogen) atoms. The van der Waals surface area contributed by atoms with Crippen molar-refractivity contribution in [1.29, 1.82) is 0 Å². The fourth-order valence-corrected chi connectivity index (χ4v) is 10.4. The van der Waals surface area contributed by atoms with Crippen molar-refractivity contribution in [2.24, 2.45) is 0 Å². The molecule has 2 aliphatic rings. The van der Waals surface area contributed by atoms with Crippen LogP contribution < -0.4 is 0 Å². The molecule has 0 spiro atoms. The topological polar surface area (TPSA) is 13.1 Å². The van der Waals surface area contributed by atoms with E-state index in [-0.39, 0.29) is 0 Å². The first-order valence-electron chi connectivity index (χ1n) is 19.6. The average molecular weight is 701 g/mol. The van der Waals surface area contributed by atoms with Gasteiger partial charge in [0.15, 0.2) is 0 Å². The highest BCUT2D eigenvalue weighted by Crippen LogP contribution is 2.58. The number of benzene rings is 9. The van der Waals surface area contributed by atoms with Crippen molar-refractivity contribution in [1.82, 2.24) is 0 Å². The molecule has 0 atom stereocenters. The van der Waals surface area contributed by atoms with Gasteiger partial charge in [-0.2, -0.15) is 0 Å². The lowest BCUT2D eigenvalue weighted by atomic mass is 9.67. The van der Waals surface area contributed by atoms with E-state index in [0.717, 1.165) is 22.3 Å². The number of rotatable bonds is 5. The van der Waals surface area contributed by atoms with E-state index >= 15 is 0 Å². The van der Waals surface area contributed by atoms with Gasteiger partial charge in [-0.1, -0.05) is 176 Å². The van der Waals surface area contributed by atoms with Crippen LogP contribution in [0.3, 0.4) is 0 Å². The van der Waals surface area contributed by atoms with Crippen molar-refractivity contribution in [2.75, 3.05) is 0 Å². The third-order valence-corrected chi connectivity index (χ3v) is 12.7. The van der Waals surface area contributed by atoms with Gasteiger partial charge in [0.2, 0.25) is 0 Å². The average Bonchev–Trinajstić information content (AvgIpc) is 3.97. The highest BCUT2D eigenvalue weighted by Gasteiger charge is 2.46. The first-order chi connectivity index (χ1) is 27.3. The van der Waals surface area contributed by atoms with Gasteiger partial charge in [0.05, 0.1) is 5.41 Å². The van der Waals surface area contributed by atoms with E-state index in [1.54, 1.807) is 0 Å². The van der Waals surface area contributed by atoms with Crippen molar-refractivity contribution < 1.29 is 4.42 Å². The zero-order valence-corrected chi connectivity index (χ0v) is 30.4. The molecular weight excluding hydrogens is 665 g/mol. The van der Waals surface area contributed by atoms with Gasteiger partial charge in [-0.25, -0.2) is 0 Å². The van der Waals surface area contributed by atoms with Gasteiger partial charge in [0.1, 0.15) is 11.2 Å². The monoisotopic (exact) mass is 700 g/mol. The Hall–Kier alpha value is -6.70. The molecule has 12 rings (SSSR count). The summed E-state index contributed by atoms with van der Waals surface area (Å²) in [6.45, 7) is 0. The first-order valence-corrected chi connectivity index (χ1v) is 19.6. The molecule has 2 aliphatic carbocycles. The predicted octanol–water partition coefficient (Wildman–Crippen LogP) is 14.1. The zero-order chi connectivity index (χ0) is 36.1. The lowest BCUT2D eigenvalue weighted by Gasteiger charge is -2.34. The summed E-state index contributed by atoms with van der Waals surface area (Å²) in [6, 6.07) is 67.5. The van der Waals surface area contributed by atoms with Crippen LogP contribution in [0.4, 0.5) is 0 Å². The Bertz CT molecular complexity index is 3050. The third kappa shape index (κ3) is 4.24. The molecule has 0 saturated heterocycles. The molecule has 0 fully saturated rings. The minimum atomic E-state index is -0.432. The van der Waals surface area contributed by atoms with E-state index < -0.39 is 5.41 Å². The molecule has 0 aliphatic heterocycles. The first kappa shape index (κ1) is 30.7. The molecule has 0 N–H and O–H groups in total. The van der Waals surface area contributed by atoms with Crippen LogP contribution in [-0.2, 0) is 18.3 Å². The Balaban J connectivity index is 1.04. The standard InChI is InChI=1S/C54H36O/c1-3-15-39(16-4-1)54(40-17-5-2-6-18-40)46-23-12-24-48-51(46)52-47(54)32-31-41(53(52)55-48)35-26-28-36(29-27-35)49-42-19-7-9-21-44(42)50(45-22-10-8-20-43(45)49)38-30-25-34-13-11-14-37(34)33-38/h1-10,12,15-33H,11,13-14H2. The quantitative estimate of drug-likeness (QED) is 0.163. The molecule has 1 heterocycles. The Labute approximate surface area is 320 Å². The summed E-state index contributed by atoms with van der Waals surface area (Å²) in [6.07, 6.45) is 3.63. The summed E-state index contributed by atoms with van der Waals surface area (Å²) in [5.41, 5.74) is 17.0. The number of hydrogen-bond acceptors (Lipinski definition) is 1. The lowest BCUT2D eigenvalue weighted by Crippen LogP contribution is -2.28. The molecule has 1 heteroatoms. The molecule has 0 radical (unpaired) electrons. The Morgan fingerprint density at radius 1 is 0.400 bits per heavy atom. The Morgan fingerprint density at radius 3 is 1.60 bits per heavy atom. The summed E-state index contributed by atoms with van der Waals surface area (Å²) in [5.74, 6) is 0. The van der Waals surface area contributed by atoms with E-state index in [0.29, 0.717) is 0 Å². The van der Waals surface area contributed by atoms with Gasteiger partial charge in [-0.3, -0.25) is 0 Å². The number of hydrogen-bond donors (Lipinski definition) is 0. The molecule has 258 valence electrons. The van der Waals surface area contributed by atoms with Crippen LogP contribution in [0.15, 0.2) is 186 Å². The molecule has 0 bridgehead atoms. The SMILES string of the molecule is c1ccc(C2(c3ccccc3)c3cccc4oc5c(-c6ccc(-c7c8ccccc8c(-c8ccc9c(c8)CCC9)c8ccccc78)cc6)ccc2c5c34)cc1. The maximum Gasteiger partial charge on any atom is 0.143 e. The summed E-state index contributed by atoms with van der Waals surface area (Å²) in [4.78, 5) is 0. The van der Waals surface area contributed by atoms with Gasteiger partial charge < -0.3 is 4.42 Å². The number of furan rings is 1. The van der Waals surface area contributed by atoms with Gasteiger partial charge >= 0.3 is 0 Å². The molecule has 0 unspecified atom stereocenters. The van der Waals surface area contributed by atoms with Crippen LogP contribution >= 0.6 is 0 Å². The maximum absolute atomic E-state index is 6.84. The van der Waals surface area contributed by atoms with Crippen molar-refractivity contribution in [3.8, 4) is 33.4 Å². The fourth-order valence-electron chi connectivity index (χ4n) is 10.4. The third-order valence-electron chi connectivity index (χ3n) is 12.7. The highest BCUT2D eigenvalue weighted by atomic mass is 16.3. The van der Waals surface area contributed by atoms with Gasteiger partial charge in [0.25, 0.3) is 0 Å². The smallest absolute Gasteiger partial charge is 0.143 e. The van der Waals surface area contributed by atoms with E-state index in [1.165, 1.54) is 107 Å². The normalized spacial score (nSPS) is 14.1. The fraction of sp³-hybridized carbons (Fsp3) is 0.0741. The summed E-state index contributed by atoms with van der Waals surface area (Å²) >= 11 is 0. The molecule has 10 aromatic rings. The van der Waals surface area contributed by atoms with Crippen LogP contribution in [0, 0.1) is 0 Å². The molecule has 0 amide bonds. The van der Waals surface area contributed by atoms with E-state index in [4.69, 9.17) is 4.42 Å². The summed E-state index contributed by atoms with van der Waals surface area (Å²) in [7, 11) is 0. The largest absolute Gasteiger partial charge is 0.455 e. The second-order valence-corrected chi connectivity index (χ2v) is 15.4. The van der Waals surface area contributed by atoms with Crippen molar-refractivity contribution >= 4 is 43.5 Å². The molecule has 1 nitrogen and oxygen atoms in total. The van der Waals surface area contributed by atoms with Crippen LogP contribution in [-0.4, -0.2) is 0 Å². The maximum atomic E-state index is 6.84. The van der Waals surface area contributed by atoms with Crippen molar-refractivity contribution in [2.45, 2.75) is 24.7 Å². The molecule has 0 saturated carbocycles. The Morgan fingerprint density at radius 2 is 0.945 bits per heavy atom. The highest BCUT2D eigenvalue weighted by molar-refractivity contribution is 6.22. The molecule has 1 aromatic heterocycles. The minimum Gasteiger partial charge on any atom is -0.455 e. The second-order valence-electron chi connectivity index (χ2n) is 15.4. The number of fused-ring (bicyclic) bond motifs is 3. The zero-order valence-electron chi connectivity index (χ0n) is 30.4. The van der Waals surface area contributed by atoms with Crippen LogP contribution in [0.1, 0.15) is 39.8 Å².